The minimum atomic E-state index is -0.328. The largest absolute Gasteiger partial charge is 0.497 e. The van der Waals surface area contributed by atoms with E-state index in [9.17, 15) is 9.59 Å². The third kappa shape index (κ3) is 7.23. The predicted molar refractivity (Wildman–Crippen MR) is 129 cm³/mol. The molecule has 9 heteroatoms. The fourth-order valence-corrected chi connectivity index (χ4v) is 4.73. The average Bonchev–Trinajstić information content (AvgIpc) is 3.28. The third-order valence-corrected chi connectivity index (χ3v) is 6.76. The summed E-state index contributed by atoms with van der Waals surface area (Å²) in [5.74, 6) is 1.26. The molecule has 3 rings (SSSR count). The zero-order valence-electron chi connectivity index (χ0n) is 18.7. The highest BCUT2D eigenvalue weighted by atomic mass is 32.2. The molecule has 0 saturated carbocycles. The van der Waals surface area contributed by atoms with Crippen molar-refractivity contribution in [3.63, 3.8) is 0 Å². The van der Waals surface area contributed by atoms with Crippen molar-refractivity contribution in [1.82, 2.24) is 10.3 Å². The number of thioether (sulfide) groups is 1. The summed E-state index contributed by atoms with van der Waals surface area (Å²) in [5.41, 5.74) is 2.52. The van der Waals surface area contributed by atoms with Crippen LogP contribution in [0.2, 0.25) is 0 Å². The number of benzene rings is 2. The molecule has 0 aliphatic heterocycles. The molecular weight excluding hydrogens is 460 g/mol. The van der Waals surface area contributed by atoms with Crippen LogP contribution in [0.4, 0.5) is 0 Å². The molecule has 1 N–H and O–H groups in total. The van der Waals surface area contributed by atoms with Crippen LogP contribution in [0.15, 0.2) is 58.3 Å². The number of ether oxygens (including phenoxy) is 3. The van der Waals surface area contributed by atoms with E-state index < -0.39 is 0 Å². The molecule has 3 aromatic rings. The van der Waals surface area contributed by atoms with Gasteiger partial charge in [-0.2, -0.15) is 0 Å². The molecule has 0 aliphatic rings. The van der Waals surface area contributed by atoms with Gasteiger partial charge >= 0.3 is 5.97 Å². The number of rotatable bonds is 11. The Balaban J connectivity index is 1.67. The van der Waals surface area contributed by atoms with Crippen molar-refractivity contribution >= 4 is 35.0 Å². The molecule has 0 radical (unpaired) electrons. The molecule has 0 spiro atoms. The number of esters is 1. The van der Waals surface area contributed by atoms with E-state index in [4.69, 9.17) is 14.2 Å². The number of hydrogen-bond acceptors (Lipinski definition) is 8. The van der Waals surface area contributed by atoms with Gasteiger partial charge in [-0.15, -0.1) is 11.3 Å². The molecule has 33 heavy (non-hydrogen) atoms. The summed E-state index contributed by atoms with van der Waals surface area (Å²) in [4.78, 5) is 28.8. The summed E-state index contributed by atoms with van der Waals surface area (Å²) >= 11 is 2.75. The van der Waals surface area contributed by atoms with E-state index in [-0.39, 0.29) is 30.1 Å². The van der Waals surface area contributed by atoms with Crippen LogP contribution in [0.25, 0.3) is 0 Å². The first-order chi connectivity index (χ1) is 16.0. The number of aromatic nitrogens is 1. The van der Waals surface area contributed by atoms with Crippen LogP contribution >= 0.6 is 23.1 Å². The van der Waals surface area contributed by atoms with E-state index >= 15 is 0 Å². The quantitative estimate of drug-likeness (QED) is 0.320. The Morgan fingerprint density at radius 2 is 1.58 bits per heavy atom. The number of methoxy groups -OCH3 is 2. The summed E-state index contributed by atoms with van der Waals surface area (Å²) in [5, 5.41) is 4.93. The summed E-state index contributed by atoms with van der Waals surface area (Å²) in [7, 11) is 3.23. The van der Waals surface area contributed by atoms with Crippen molar-refractivity contribution < 1.29 is 23.8 Å². The van der Waals surface area contributed by atoms with E-state index in [0.29, 0.717) is 12.3 Å². The molecule has 0 fully saturated rings. The Bertz CT molecular complexity index is 1000. The molecule has 174 valence electrons. The third-order valence-electron chi connectivity index (χ3n) is 4.69. The molecule has 1 heterocycles. The van der Waals surface area contributed by atoms with Gasteiger partial charge in [-0.1, -0.05) is 36.0 Å². The number of hydrogen-bond donors (Lipinski definition) is 1. The molecule has 2 aromatic carbocycles. The van der Waals surface area contributed by atoms with Crippen molar-refractivity contribution in [1.29, 1.82) is 0 Å². The van der Waals surface area contributed by atoms with Gasteiger partial charge in [0.25, 0.3) is 0 Å². The van der Waals surface area contributed by atoms with Crippen LogP contribution in [0, 0.1) is 0 Å². The van der Waals surface area contributed by atoms with Crippen LogP contribution in [0.3, 0.4) is 0 Å². The van der Waals surface area contributed by atoms with Gasteiger partial charge in [0.15, 0.2) is 4.34 Å². The maximum Gasteiger partial charge on any atom is 0.311 e. The fraction of sp³-hybridized carbons (Fsp3) is 0.292. The second-order valence-electron chi connectivity index (χ2n) is 6.92. The summed E-state index contributed by atoms with van der Waals surface area (Å²) in [6.07, 6.45) is 0.133. The number of nitrogens with zero attached hydrogens (tertiary/aromatic N) is 1. The van der Waals surface area contributed by atoms with E-state index in [1.165, 1.54) is 23.1 Å². The molecule has 7 nitrogen and oxygen atoms in total. The normalized spacial score (nSPS) is 10.7. The summed E-state index contributed by atoms with van der Waals surface area (Å²) in [6.45, 7) is 2.11. The summed E-state index contributed by atoms with van der Waals surface area (Å²) in [6, 6.07) is 14.9. The van der Waals surface area contributed by atoms with Crippen LogP contribution in [-0.2, 0) is 20.7 Å². The first-order valence-corrected chi connectivity index (χ1v) is 12.2. The van der Waals surface area contributed by atoms with Crippen LogP contribution < -0.4 is 14.8 Å². The lowest BCUT2D eigenvalue weighted by Crippen LogP contribution is -2.30. The summed E-state index contributed by atoms with van der Waals surface area (Å²) < 4.78 is 16.2. The monoisotopic (exact) mass is 486 g/mol. The average molecular weight is 487 g/mol. The van der Waals surface area contributed by atoms with Crippen molar-refractivity contribution in [2.75, 3.05) is 26.6 Å². The highest BCUT2D eigenvalue weighted by molar-refractivity contribution is 8.01. The molecule has 0 unspecified atom stereocenters. The Morgan fingerprint density at radius 1 is 1.00 bits per heavy atom. The lowest BCUT2D eigenvalue weighted by molar-refractivity contribution is -0.142. The lowest BCUT2D eigenvalue weighted by Gasteiger charge is -2.20. The van der Waals surface area contributed by atoms with Gasteiger partial charge in [0.1, 0.15) is 11.5 Å². The van der Waals surface area contributed by atoms with E-state index in [0.717, 1.165) is 27.0 Å². The predicted octanol–water partition coefficient (Wildman–Crippen LogP) is 4.26. The van der Waals surface area contributed by atoms with Gasteiger partial charge in [0, 0.05) is 5.38 Å². The Morgan fingerprint density at radius 3 is 2.09 bits per heavy atom. The van der Waals surface area contributed by atoms with Crippen LogP contribution in [0.5, 0.6) is 11.5 Å². The highest BCUT2D eigenvalue weighted by Gasteiger charge is 2.18. The number of amides is 1. The van der Waals surface area contributed by atoms with Crippen LogP contribution in [-0.4, -0.2) is 43.4 Å². The number of carbonyl (C=O) groups excluding carboxylic acids is 2. The van der Waals surface area contributed by atoms with Gasteiger partial charge in [-0.3, -0.25) is 9.59 Å². The topological polar surface area (TPSA) is 86.8 Å². The SMILES string of the molecule is CCOC(=O)Cc1csc(SCC(=O)NC(c2ccc(OC)cc2)c2ccc(OC)cc2)n1. The Kier molecular flexibility index (Phi) is 9.14. The minimum absolute atomic E-state index is 0.126. The molecule has 1 amide bonds. The van der Waals surface area contributed by atoms with Gasteiger partial charge < -0.3 is 19.5 Å². The standard InChI is InChI=1S/C24H26N2O5S2/c1-4-31-22(28)13-18-14-32-24(25-18)33-15-21(27)26-23(16-5-9-19(29-2)10-6-16)17-7-11-20(30-3)12-8-17/h5-12,14,23H,4,13,15H2,1-3H3,(H,26,27). The number of nitrogens with one attached hydrogen (secondary N) is 1. The molecule has 0 aliphatic carbocycles. The Hall–Kier alpha value is -3.04. The maximum absolute atomic E-state index is 12.8. The number of carbonyl (C=O) groups is 2. The van der Waals surface area contributed by atoms with E-state index in [1.54, 1.807) is 21.1 Å². The first-order valence-electron chi connectivity index (χ1n) is 10.3. The zero-order valence-corrected chi connectivity index (χ0v) is 20.3. The molecule has 0 saturated heterocycles. The zero-order chi connectivity index (χ0) is 23.6. The highest BCUT2D eigenvalue weighted by Crippen LogP contribution is 2.27. The van der Waals surface area contributed by atoms with Crippen molar-refractivity contribution in [2.45, 2.75) is 23.7 Å². The van der Waals surface area contributed by atoms with Crippen LogP contribution in [0.1, 0.15) is 29.8 Å². The van der Waals surface area contributed by atoms with Crippen molar-refractivity contribution in [3.05, 3.63) is 70.7 Å². The second-order valence-corrected chi connectivity index (χ2v) is 9.00. The molecule has 1 aromatic heterocycles. The molecule has 0 bridgehead atoms. The van der Waals surface area contributed by atoms with Gasteiger partial charge in [0.05, 0.1) is 44.7 Å². The Labute approximate surface area is 201 Å². The van der Waals surface area contributed by atoms with Gasteiger partial charge in [-0.25, -0.2) is 4.98 Å². The van der Waals surface area contributed by atoms with E-state index in [1.807, 2.05) is 53.9 Å². The molecular formula is C24H26N2O5S2. The maximum atomic E-state index is 12.8. The van der Waals surface area contributed by atoms with Crippen molar-refractivity contribution in [3.8, 4) is 11.5 Å². The molecule has 0 atom stereocenters. The fourth-order valence-electron chi connectivity index (χ4n) is 3.08. The van der Waals surface area contributed by atoms with Gasteiger partial charge in [0.2, 0.25) is 5.91 Å². The van der Waals surface area contributed by atoms with Gasteiger partial charge in [-0.05, 0) is 42.3 Å². The smallest absolute Gasteiger partial charge is 0.311 e. The first kappa shape index (κ1) is 24.6. The lowest BCUT2D eigenvalue weighted by atomic mass is 9.98. The van der Waals surface area contributed by atoms with E-state index in [2.05, 4.69) is 10.3 Å². The second kappa shape index (κ2) is 12.3. The van der Waals surface area contributed by atoms with Crippen molar-refractivity contribution in [2.24, 2.45) is 0 Å². The number of thiazole rings is 1. The minimum Gasteiger partial charge on any atom is -0.497 e.